The van der Waals surface area contributed by atoms with Gasteiger partial charge in [-0.15, -0.1) is 0 Å². The van der Waals surface area contributed by atoms with E-state index in [2.05, 4.69) is 21.1 Å². The Morgan fingerprint density at radius 2 is 1.88 bits per heavy atom. The first-order chi connectivity index (χ1) is 12.4. The van der Waals surface area contributed by atoms with Crippen molar-refractivity contribution in [1.82, 2.24) is 9.72 Å². The van der Waals surface area contributed by atoms with Crippen molar-refractivity contribution in [3.8, 4) is 5.82 Å². The highest BCUT2D eigenvalue weighted by atomic mass is 79.9. The largest absolute Gasteiger partial charge is 0.454 e. The summed E-state index contributed by atoms with van der Waals surface area (Å²) in [7, 11) is 0. The fraction of sp³-hybridized carbons (Fsp3) is 0.211. The van der Waals surface area contributed by atoms with E-state index < -0.39 is 5.97 Å². The van der Waals surface area contributed by atoms with Gasteiger partial charge in [-0.05, 0) is 54.9 Å². The van der Waals surface area contributed by atoms with E-state index in [4.69, 9.17) is 9.26 Å². The van der Waals surface area contributed by atoms with Crippen molar-refractivity contribution in [2.75, 3.05) is 6.61 Å². The lowest BCUT2D eigenvalue weighted by Gasteiger charge is -2.07. The van der Waals surface area contributed by atoms with Gasteiger partial charge in [-0.25, -0.2) is 4.79 Å². The lowest BCUT2D eigenvalue weighted by Crippen LogP contribution is -2.15. The van der Waals surface area contributed by atoms with Gasteiger partial charge in [0.25, 0.3) is 0 Å². The van der Waals surface area contributed by atoms with Crippen molar-refractivity contribution in [3.63, 3.8) is 0 Å². The summed E-state index contributed by atoms with van der Waals surface area (Å²) < 4.78 is 12.7. The van der Waals surface area contributed by atoms with Gasteiger partial charge >= 0.3 is 5.97 Å². The number of rotatable bonds is 5. The van der Waals surface area contributed by atoms with Crippen LogP contribution in [0.1, 0.15) is 37.9 Å². The molecule has 7 heteroatoms. The molecule has 0 N–H and O–H groups in total. The number of esters is 1. The highest BCUT2D eigenvalue weighted by molar-refractivity contribution is 9.10. The van der Waals surface area contributed by atoms with Crippen LogP contribution in [-0.2, 0) is 4.74 Å². The van der Waals surface area contributed by atoms with Crippen molar-refractivity contribution in [3.05, 3.63) is 69.1 Å². The predicted octanol–water partition coefficient (Wildman–Crippen LogP) is 4.19. The zero-order chi connectivity index (χ0) is 18.8. The number of Topliss-reactive ketones (excluding diaryl/α,β-unsaturated/α-hetero) is 1. The van der Waals surface area contributed by atoms with Crippen LogP contribution in [-0.4, -0.2) is 28.1 Å². The molecule has 0 unspecified atom stereocenters. The monoisotopic (exact) mass is 416 g/mol. The van der Waals surface area contributed by atoms with Crippen LogP contribution >= 0.6 is 15.9 Å². The predicted molar refractivity (Wildman–Crippen MR) is 98.8 cm³/mol. The molecule has 26 heavy (non-hydrogen) atoms. The van der Waals surface area contributed by atoms with Gasteiger partial charge in [-0.1, -0.05) is 17.3 Å². The summed E-state index contributed by atoms with van der Waals surface area (Å²) in [4.78, 5) is 24.7. The Bertz CT molecular complexity index is 987. The molecule has 2 aromatic heterocycles. The van der Waals surface area contributed by atoms with Crippen molar-refractivity contribution < 1.29 is 18.8 Å². The standard InChI is InChI=1S/C19H17BrN2O4/c1-11-8-15(13(3)22(11)18-9-12(2)26-21-18)17(23)10-25-19(24)14-6-4-5-7-16(14)20/h4-9H,10H2,1-3H3. The second kappa shape index (κ2) is 7.29. The van der Waals surface area contributed by atoms with Crippen LogP contribution in [0.15, 0.2) is 45.4 Å². The number of aromatic nitrogens is 2. The fourth-order valence-electron chi connectivity index (χ4n) is 2.77. The molecule has 0 fully saturated rings. The van der Waals surface area contributed by atoms with Crippen LogP contribution in [0.4, 0.5) is 0 Å². The summed E-state index contributed by atoms with van der Waals surface area (Å²) in [5.41, 5.74) is 2.43. The molecule has 0 aliphatic heterocycles. The van der Waals surface area contributed by atoms with Gasteiger partial charge in [0, 0.05) is 27.5 Å². The third-order valence-electron chi connectivity index (χ3n) is 4.00. The topological polar surface area (TPSA) is 74.3 Å². The van der Waals surface area contributed by atoms with Crippen molar-refractivity contribution in [2.45, 2.75) is 20.8 Å². The Balaban J connectivity index is 1.77. The molecule has 0 aliphatic rings. The maximum Gasteiger partial charge on any atom is 0.339 e. The molecule has 3 rings (SSSR count). The highest BCUT2D eigenvalue weighted by Crippen LogP contribution is 2.22. The van der Waals surface area contributed by atoms with Crippen molar-refractivity contribution in [2.24, 2.45) is 0 Å². The molecule has 0 amide bonds. The minimum atomic E-state index is -0.549. The second-order valence-corrected chi connectivity index (χ2v) is 6.75. The summed E-state index contributed by atoms with van der Waals surface area (Å²) in [5, 5.41) is 3.99. The van der Waals surface area contributed by atoms with E-state index in [1.807, 2.05) is 18.4 Å². The van der Waals surface area contributed by atoms with Crippen LogP contribution in [0.5, 0.6) is 0 Å². The molecule has 1 aromatic carbocycles. The first-order valence-corrected chi connectivity index (χ1v) is 8.75. The fourth-order valence-corrected chi connectivity index (χ4v) is 3.22. The first kappa shape index (κ1) is 18.1. The molecule has 0 atom stereocenters. The van der Waals surface area contributed by atoms with Gasteiger partial charge in [0.2, 0.25) is 5.78 Å². The normalized spacial score (nSPS) is 10.8. The van der Waals surface area contributed by atoms with Gasteiger partial charge in [0.15, 0.2) is 12.4 Å². The summed E-state index contributed by atoms with van der Waals surface area (Å²) >= 11 is 3.30. The molecule has 0 saturated carbocycles. The molecular weight excluding hydrogens is 400 g/mol. The number of hydrogen-bond donors (Lipinski definition) is 0. The maximum atomic E-state index is 12.5. The number of hydrogen-bond acceptors (Lipinski definition) is 5. The van der Waals surface area contributed by atoms with Crippen LogP contribution in [0.2, 0.25) is 0 Å². The van der Waals surface area contributed by atoms with E-state index in [0.29, 0.717) is 27.2 Å². The third-order valence-corrected chi connectivity index (χ3v) is 4.70. The number of ketones is 1. The minimum Gasteiger partial charge on any atom is -0.454 e. The van der Waals surface area contributed by atoms with E-state index in [1.54, 1.807) is 43.3 Å². The van der Waals surface area contributed by atoms with Crippen molar-refractivity contribution in [1.29, 1.82) is 0 Å². The van der Waals surface area contributed by atoms with E-state index in [9.17, 15) is 9.59 Å². The molecule has 134 valence electrons. The van der Waals surface area contributed by atoms with E-state index in [-0.39, 0.29) is 12.4 Å². The Kier molecular flexibility index (Phi) is 5.08. The van der Waals surface area contributed by atoms with Crippen LogP contribution in [0.3, 0.4) is 0 Å². The minimum absolute atomic E-state index is 0.273. The lowest BCUT2D eigenvalue weighted by molar-refractivity contribution is 0.0473. The lowest BCUT2D eigenvalue weighted by atomic mass is 10.1. The van der Waals surface area contributed by atoms with Gasteiger partial charge in [-0.3, -0.25) is 9.36 Å². The maximum absolute atomic E-state index is 12.5. The Morgan fingerprint density at radius 1 is 1.15 bits per heavy atom. The summed E-state index contributed by atoms with van der Waals surface area (Å²) in [6.07, 6.45) is 0. The first-order valence-electron chi connectivity index (χ1n) is 7.96. The molecule has 0 radical (unpaired) electrons. The van der Waals surface area contributed by atoms with E-state index in [1.165, 1.54) is 0 Å². The zero-order valence-corrected chi connectivity index (χ0v) is 16.2. The molecule has 0 bridgehead atoms. The third kappa shape index (κ3) is 3.48. The number of ether oxygens (including phenoxy) is 1. The number of halogens is 1. The quantitative estimate of drug-likeness (QED) is 0.460. The Morgan fingerprint density at radius 3 is 2.54 bits per heavy atom. The molecule has 6 nitrogen and oxygen atoms in total. The van der Waals surface area contributed by atoms with E-state index >= 15 is 0 Å². The molecule has 3 aromatic rings. The Hall–Kier alpha value is -2.67. The number of benzene rings is 1. The average Bonchev–Trinajstić information content (AvgIpc) is 3.15. The van der Waals surface area contributed by atoms with Gasteiger partial charge in [0.05, 0.1) is 5.56 Å². The van der Waals surface area contributed by atoms with Gasteiger partial charge in [-0.2, -0.15) is 0 Å². The average molecular weight is 417 g/mol. The molecule has 2 heterocycles. The second-order valence-electron chi connectivity index (χ2n) is 5.90. The SMILES string of the molecule is Cc1cc(-n2c(C)cc(C(=O)COC(=O)c3ccccc3Br)c2C)no1. The van der Waals surface area contributed by atoms with E-state index in [0.717, 1.165) is 11.4 Å². The molecule has 0 aliphatic carbocycles. The number of carbonyl (C=O) groups is 2. The molecule has 0 saturated heterocycles. The summed E-state index contributed by atoms with van der Waals surface area (Å²) in [6, 6.07) is 10.5. The smallest absolute Gasteiger partial charge is 0.339 e. The number of nitrogens with zero attached hydrogens (tertiary/aromatic N) is 2. The van der Waals surface area contributed by atoms with Crippen LogP contribution < -0.4 is 0 Å². The van der Waals surface area contributed by atoms with Gasteiger partial charge < -0.3 is 9.26 Å². The molecule has 0 spiro atoms. The zero-order valence-electron chi connectivity index (χ0n) is 14.6. The van der Waals surface area contributed by atoms with Gasteiger partial charge in [0.1, 0.15) is 5.76 Å². The summed E-state index contributed by atoms with van der Waals surface area (Å²) in [5.74, 6) is 0.473. The van der Waals surface area contributed by atoms with Crippen molar-refractivity contribution >= 4 is 27.7 Å². The van der Waals surface area contributed by atoms with Crippen LogP contribution in [0.25, 0.3) is 5.82 Å². The number of carbonyl (C=O) groups excluding carboxylic acids is 2. The Labute approximate surface area is 158 Å². The van der Waals surface area contributed by atoms with Crippen LogP contribution in [0, 0.1) is 20.8 Å². The summed E-state index contributed by atoms with van der Waals surface area (Å²) in [6.45, 7) is 5.17. The number of aryl methyl sites for hydroxylation is 2. The molecular formula is C19H17BrN2O4. The highest BCUT2D eigenvalue weighted by Gasteiger charge is 2.20.